The van der Waals surface area contributed by atoms with E-state index in [-0.39, 0.29) is 5.78 Å². The Morgan fingerprint density at radius 3 is 2.48 bits per heavy atom. The number of thioether (sulfide) groups is 1. The summed E-state index contributed by atoms with van der Waals surface area (Å²) in [6, 6.07) is 7.58. The van der Waals surface area contributed by atoms with Gasteiger partial charge in [-0.15, -0.1) is 18.3 Å². The fourth-order valence-electron chi connectivity index (χ4n) is 2.94. The molecule has 0 radical (unpaired) electrons. The maximum absolute atomic E-state index is 12.1. The minimum absolute atomic E-state index is 0.211. The number of carbonyl (C=O) groups excluding carboxylic acids is 2. The number of hydrogen-bond donors (Lipinski definition) is 2. The van der Waals surface area contributed by atoms with Crippen LogP contribution in [0.1, 0.15) is 25.7 Å². The van der Waals surface area contributed by atoms with E-state index in [1.165, 1.54) is 0 Å². The van der Waals surface area contributed by atoms with E-state index in [1.54, 1.807) is 30.4 Å². The second-order valence-electron chi connectivity index (χ2n) is 5.57. The Morgan fingerprint density at radius 2 is 2.00 bits per heavy atom. The number of nitrogens with one attached hydrogen (secondary N) is 1. The number of amides is 1. The van der Waals surface area contributed by atoms with E-state index in [0.29, 0.717) is 25.7 Å². The average molecular weight is 335 g/mol. The number of rotatable bonds is 6. The molecule has 1 amide bonds. The number of Topliss-reactive ketones (excluding diaryl/α,β-unsaturated/α-hetero) is 1. The molecule has 6 heteroatoms. The van der Waals surface area contributed by atoms with Gasteiger partial charge in [-0.05, 0) is 37.1 Å². The average Bonchev–Trinajstić information content (AvgIpc) is 2.58. The molecule has 0 spiro atoms. The summed E-state index contributed by atoms with van der Waals surface area (Å²) in [6.07, 6.45) is 3.58. The first-order valence-electron chi connectivity index (χ1n) is 7.46. The predicted octanol–water partition coefficient (Wildman–Crippen LogP) is 2.98. The fraction of sp³-hybridized carbons (Fsp3) is 0.412. The van der Waals surface area contributed by atoms with Crippen molar-refractivity contribution in [3.05, 3.63) is 36.9 Å². The normalized spacial score (nSPS) is 18.1. The summed E-state index contributed by atoms with van der Waals surface area (Å²) in [4.78, 5) is 24.7. The van der Waals surface area contributed by atoms with E-state index < -0.39 is 16.6 Å². The number of carbonyl (C=O) groups is 2. The van der Waals surface area contributed by atoms with Crippen molar-refractivity contribution >= 4 is 23.5 Å². The molecule has 1 aromatic carbocycles. The predicted molar refractivity (Wildman–Crippen MR) is 88.7 cm³/mol. The largest absolute Gasteiger partial charge is 0.497 e. The molecule has 1 fully saturated rings. The van der Waals surface area contributed by atoms with E-state index in [2.05, 4.69) is 6.58 Å². The van der Waals surface area contributed by atoms with Crippen LogP contribution < -0.4 is 10.2 Å². The molecule has 0 aromatic heterocycles. The van der Waals surface area contributed by atoms with Crippen LogP contribution in [0.2, 0.25) is 0 Å². The van der Waals surface area contributed by atoms with Gasteiger partial charge in [0.05, 0.1) is 13.0 Å². The summed E-state index contributed by atoms with van der Waals surface area (Å²) in [7, 11) is 1.61. The molecule has 0 bridgehead atoms. The lowest BCUT2D eigenvalue weighted by Crippen LogP contribution is -2.45. The zero-order valence-electron chi connectivity index (χ0n) is 13.1. The first-order chi connectivity index (χ1) is 11.0. The molecule has 1 aromatic rings. The Hall–Kier alpha value is -1.79. The number of ketones is 1. The molecule has 23 heavy (non-hydrogen) atoms. The maximum Gasteiger partial charge on any atom is 0.251 e. The summed E-state index contributed by atoms with van der Waals surface area (Å²) in [5.74, 6) is -0.0955. The number of benzene rings is 1. The third-order valence-electron chi connectivity index (χ3n) is 4.23. The molecular weight excluding hydrogens is 314 g/mol. The molecule has 0 saturated heterocycles. The topological polar surface area (TPSA) is 75.6 Å². The van der Waals surface area contributed by atoms with Crippen LogP contribution in [0.5, 0.6) is 5.75 Å². The number of ether oxygens (including phenoxy) is 1. The first kappa shape index (κ1) is 17.6. The van der Waals surface area contributed by atoms with Crippen LogP contribution in [0.15, 0.2) is 41.8 Å². The molecule has 1 atom stereocenters. The van der Waals surface area contributed by atoms with Gasteiger partial charge in [-0.3, -0.25) is 14.8 Å². The molecule has 1 aliphatic rings. The van der Waals surface area contributed by atoms with Crippen LogP contribution in [-0.4, -0.2) is 28.8 Å². The van der Waals surface area contributed by atoms with Crippen LogP contribution in [0, 0.1) is 5.92 Å². The Labute approximate surface area is 140 Å². The first-order valence-corrected chi connectivity index (χ1v) is 8.27. The van der Waals surface area contributed by atoms with Crippen LogP contribution in [0.3, 0.4) is 0 Å². The van der Waals surface area contributed by atoms with Gasteiger partial charge < -0.3 is 4.74 Å². The van der Waals surface area contributed by atoms with Crippen molar-refractivity contribution in [3.63, 3.8) is 0 Å². The maximum atomic E-state index is 12.1. The monoisotopic (exact) mass is 335 g/mol. The van der Waals surface area contributed by atoms with E-state index in [1.807, 2.05) is 24.3 Å². The lowest BCUT2D eigenvalue weighted by Gasteiger charge is -2.40. The van der Waals surface area contributed by atoms with Gasteiger partial charge in [0.1, 0.15) is 11.5 Å². The summed E-state index contributed by atoms with van der Waals surface area (Å²) in [5, 5.41) is 9.03. The highest BCUT2D eigenvalue weighted by Crippen LogP contribution is 2.48. The number of hydroxylamine groups is 1. The van der Waals surface area contributed by atoms with E-state index >= 15 is 0 Å². The zero-order chi connectivity index (χ0) is 16.9. The van der Waals surface area contributed by atoms with E-state index in [9.17, 15) is 9.59 Å². The van der Waals surface area contributed by atoms with E-state index in [0.717, 1.165) is 10.6 Å². The highest BCUT2D eigenvalue weighted by Gasteiger charge is 2.44. The van der Waals surface area contributed by atoms with Gasteiger partial charge >= 0.3 is 0 Å². The second-order valence-corrected chi connectivity index (χ2v) is 7.06. The third-order valence-corrected chi connectivity index (χ3v) is 5.81. The van der Waals surface area contributed by atoms with Crippen molar-refractivity contribution in [2.75, 3.05) is 7.11 Å². The summed E-state index contributed by atoms with van der Waals surface area (Å²) >= 11 is 1.56. The summed E-state index contributed by atoms with van der Waals surface area (Å²) < 4.78 is 4.67. The van der Waals surface area contributed by atoms with Gasteiger partial charge in [-0.2, -0.15) is 0 Å². The highest BCUT2D eigenvalue weighted by atomic mass is 32.2. The van der Waals surface area contributed by atoms with Crippen molar-refractivity contribution in [1.29, 1.82) is 0 Å². The van der Waals surface area contributed by atoms with Crippen molar-refractivity contribution in [2.45, 2.75) is 35.3 Å². The highest BCUT2D eigenvalue weighted by molar-refractivity contribution is 8.00. The molecule has 2 N–H and O–H groups in total. The van der Waals surface area contributed by atoms with E-state index in [4.69, 9.17) is 9.94 Å². The lowest BCUT2D eigenvalue weighted by molar-refractivity contribution is -0.134. The molecular formula is C17H21NO4S. The van der Waals surface area contributed by atoms with Crippen LogP contribution in [0.4, 0.5) is 0 Å². The van der Waals surface area contributed by atoms with Gasteiger partial charge in [0.15, 0.2) is 0 Å². The minimum atomic E-state index is -0.576. The van der Waals surface area contributed by atoms with Crippen molar-refractivity contribution in [3.8, 4) is 5.75 Å². The molecule has 1 aliphatic carbocycles. The number of hydrogen-bond acceptors (Lipinski definition) is 5. The molecule has 1 saturated carbocycles. The van der Waals surface area contributed by atoms with Gasteiger partial charge in [0.25, 0.3) is 5.91 Å². The molecule has 0 aliphatic heterocycles. The molecule has 5 nitrogen and oxygen atoms in total. The third kappa shape index (κ3) is 3.95. The Kier molecular flexibility index (Phi) is 5.85. The molecule has 124 valence electrons. The van der Waals surface area contributed by atoms with Crippen LogP contribution in [0.25, 0.3) is 0 Å². The molecule has 0 heterocycles. The van der Waals surface area contributed by atoms with Crippen LogP contribution >= 0.6 is 11.8 Å². The smallest absolute Gasteiger partial charge is 0.251 e. The second kappa shape index (κ2) is 7.66. The lowest BCUT2D eigenvalue weighted by atomic mass is 9.78. The Bertz CT molecular complexity index is 575. The Balaban J connectivity index is 2.30. The molecule has 2 rings (SSSR count). The van der Waals surface area contributed by atoms with Gasteiger partial charge in [-0.1, -0.05) is 6.08 Å². The van der Waals surface area contributed by atoms with Crippen molar-refractivity contribution in [2.24, 2.45) is 5.92 Å². The van der Waals surface area contributed by atoms with Crippen molar-refractivity contribution < 1.29 is 19.5 Å². The van der Waals surface area contributed by atoms with Crippen LogP contribution in [-0.2, 0) is 9.59 Å². The number of methoxy groups -OCH3 is 1. The van der Waals surface area contributed by atoms with Gasteiger partial charge in [-0.25, -0.2) is 5.48 Å². The summed E-state index contributed by atoms with van der Waals surface area (Å²) in [5.41, 5.74) is 1.72. The zero-order valence-corrected chi connectivity index (χ0v) is 13.9. The quantitative estimate of drug-likeness (QED) is 0.475. The minimum Gasteiger partial charge on any atom is -0.497 e. The standard InChI is InChI=1S/C17H21NO4S/c1-3-15(16(20)18-21)17(10-8-12(19)9-11-17)23-14-6-4-13(22-2)5-7-14/h3-7,15,21H,1,8-11H2,2H3,(H,18,20). The summed E-state index contributed by atoms with van der Waals surface area (Å²) in [6.45, 7) is 3.75. The molecule has 1 unspecified atom stereocenters. The van der Waals surface area contributed by atoms with Crippen molar-refractivity contribution in [1.82, 2.24) is 5.48 Å². The Morgan fingerprint density at radius 1 is 1.39 bits per heavy atom. The fourth-order valence-corrected chi connectivity index (χ4v) is 4.42. The van der Waals surface area contributed by atoms with Gasteiger partial charge in [0, 0.05) is 22.5 Å². The SMILES string of the molecule is C=CC(C(=O)NO)C1(Sc2ccc(OC)cc2)CCC(=O)CC1. The van der Waals surface area contributed by atoms with Gasteiger partial charge in [0.2, 0.25) is 0 Å².